The molecule has 1 N–H and O–H groups in total. The van der Waals surface area contributed by atoms with Crippen LogP contribution in [-0.4, -0.2) is 35.3 Å². The fourth-order valence-electron chi connectivity index (χ4n) is 1.50. The zero-order valence-electron chi connectivity index (χ0n) is 12.3. The zero-order chi connectivity index (χ0) is 14.1. The second-order valence-corrected chi connectivity index (χ2v) is 4.96. The molecule has 0 saturated heterocycles. The summed E-state index contributed by atoms with van der Waals surface area (Å²) in [7, 11) is 0. The molecule has 0 aliphatic carbocycles. The summed E-state index contributed by atoms with van der Waals surface area (Å²) in [5, 5.41) is 3.26. The summed E-state index contributed by atoms with van der Waals surface area (Å²) >= 11 is 0. The van der Waals surface area contributed by atoms with Gasteiger partial charge in [0.15, 0.2) is 0 Å². The first-order valence-electron chi connectivity index (χ1n) is 6.92. The topological polar surface area (TPSA) is 56.3 Å². The quantitative estimate of drug-likeness (QED) is 0.697. The lowest BCUT2D eigenvalue weighted by Gasteiger charge is -2.10. The first kappa shape index (κ1) is 15.7. The number of nitrogens with zero attached hydrogens (tertiary/aromatic N) is 2. The highest BCUT2D eigenvalue weighted by molar-refractivity contribution is 5.36. The van der Waals surface area contributed by atoms with Crippen LogP contribution in [0.2, 0.25) is 0 Å². The Bertz CT molecular complexity index is 356. The van der Waals surface area contributed by atoms with E-state index in [4.69, 9.17) is 9.47 Å². The summed E-state index contributed by atoms with van der Waals surface area (Å²) in [6.07, 6.45) is 4.05. The van der Waals surface area contributed by atoms with Crippen molar-refractivity contribution in [3.63, 3.8) is 0 Å². The van der Waals surface area contributed by atoms with Crippen molar-refractivity contribution in [2.75, 3.05) is 18.5 Å². The van der Waals surface area contributed by atoms with Crippen LogP contribution in [0.4, 0.5) is 5.82 Å². The average molecular weight is 267 g/mol. The summed E-state index contributed by atoms with van der Waals surface area (Å²) in [5.74, 6) is 1.41. The second-order valence-electron chi connectivity index (χ2n) is 4.96. The Kier molecular flexibility index (Phi) is 7.18. The number of hydrogen-bond donors (Lipinski definition) is 1. The van der Waals surface area contributed by atoms with E-state index in [9.17, 15) is 0 Å². The highest BCUT2D eigenvalue weighted by Crippen LogP contribution is 2.12. The summed E-state index contributed by atoms with van der Waals surface area (Å²) in [4.78, 5) is 8.22. The largest absolute Gasteiger partial charge is 0.475 e. The van der Waals surface area contributed by atoms with E-state index in [-0.39, 0.29) is 6.10 Å². The minimum absolute atomic E-state index is 0.121. The summed E-state index contributed by atoms with van der Waals surface area (Å²) < 4.78 is 11.0. The van der Waals surface area contributed by atoms with Gasteiger partial charge in [0.25, 0.3) is 0 Å². The third-order valence-electron chi connectivity index (χ3n) is 2.33. The molecule has 0 amide bonds. The van der Waals surface area contributed by atoms with E-state index in [1.807, 2.05) is 19.9 Å². The molecule has 5 nitrogen and oxygen atoms in total. The Hall–Kier alpha value is -1.36. The van der Waals surface area contributed by atoms with Gasteiger partial charge in [-0.15, -0.1) is 0 Å². The SMILES string of the molecule is CC(C)OCCCCNc1cc(OC(C)C)ncn1. The van der Waals surface area contributed by atoms with Crippen molar-refractivity contribution in [3.05, 3.63) is 12.4 Å². The molecule has 0 unspecified atom stereocenters. The minimum Gasteiger partial charge on any atom is -0.475 e. The van der Waals surface area contributed by atoms with Gasteiger partial charge in [0.2, 0.25) is 5.88 Å². The van der Waals surface area contributed by atoms with Gasteiger partial charge in [-0.25, -0.2) is 9.97 Å². The first-order chi connectivity index (χ1) is 9.08. The molecule has 0 aromatic carbocycles. The zero-order valence-corrected chi connectivity index (χ0v) is 12.3. The van der Waals surface area contributed by atoms with Crippen LogP contribution in [0.25, 0.3) is 0 Å². The van der Waals surface area contributed by atoms with E-state index in [0.29, 0.717) is 12.0 Å². The third kappa shape index (κ3) is 7.62. The molecule has 0 bridgehead atoms. The average Bonchev–Trinajstić information content (AvgIpc) is 2.33. The van der Waals surface area contributed by atoms with E-state index in [2.05, 4.69) is 29.1 Å². The molecule has 0 fully saturated rings. The molecule has 108 valence electrons. The van der Waals surface area contributed by atoms with Gasteiger partial charge in [-0.05, 0) is 40.5 Å². The Labute approximate surface area is 115 Å². The molecular formula is C14H25N3O2. The van der Waals surface area contributed by atoms with Gasteiger partial charge in [-0.2, -0.15) is 0 Å². The van der Waals surface area contributed by atoms with E-state index in [0.717, 1.165) is 31.8 Å². The molecule has 0 radical (unpaired) electrons. The number of hydrogen-bond acceptors (Lipinski definition) is 5. The standard InChI is InChI=1S/C14H25N3O2/c1-11(2)18-8-6-5-7-15-13-9-14(17-10-16-13)19-12(3)4/h9-12H,5-8H2,1-4H3,(H,15,16,17). The van der Waals surface area contributed by atoms with Crippen molar-refractivity contribution in [2.45, 2.75) is 52.7 Å². The first-order valence-corrected chi connectivity index (χ1v) is 6.92. The number of nitrogens with one attached hydrogen (secondary N) is 1. The summed E-state index contributed by atoms with van der Waals surface area (Å²) in [6.45, 7) is 9.74. The van der Waals surface area contributed by atoms with Crippen LogP contribution in [0.1, 0.15) is 40.5 Å². The monoisotopic (exact) mass is 267 g/mol. The van der Waals surface area contributed by atoms with Crippen molar-refractivity contribution < 1.29 is 9.47 Å². The molecule has 0 saturated carbocycles. The highest BCUT2D eigenvalue weighted by Gasteiger charge is 2.01. The maximum atomic E-state index is 5.51. The smallest absolute Gasteiger partial charge is 0.218 e. The lowest BCUT2D eigenvalue weighted by Crippen LogP contribution is -2.09. The van der Waals surface area contributed by atoms with Gasteiger partial charge in [-0.1, -0.05) is 0 Å². The molecule has 1 aromatic heterocycles. The van der Waals surface area contributed by atoms with Crippen molar-refractivity contribution in [3.8, 4) is 5.88 Å². The predicted octanol–water partition coefficient (Wildman–Crippen LogP) is 2.88. The lowest BCUT2D eigenvalue weighted by atomic mass is 10.3. The van der Waals surface area contributed by atoms with Gasteiger partial charge in [0, 0.05) is 19.2 Å². The third-order valence-corrected chi connectivity index (χ3v) is 2.33. The maximum absolute atomic E-state index is 5.51. The number of aromatic nitrogens is 2. The van der Waals surface area contributed by atoms with E-state index in [1.54, 1.807) is 0 Å². The molecule has 1 aromatic rings. The molecule has 19 heavy (non-hydrogen) atoms. The van der Waals surface area contributed by atoms with Crippen molar-refractivity contribution in [1.82, 2.24) is 9.97 Å². The van der Waals surface area contributed by atoms with Crippen LogP contribution in [0.3, 0.4) is 0 Å². The second kappa shape index (κ2) is 8.69. The Balaban J connectivity index is 2.22. The number of ether oxygens (including phenoxy) is 2. The molecule has 1 heterocycles. The number of anilines is 1. The number of unbranched alkanes of at least 4 members (excludes halogenated alkanes) is 1. The highest BCUT2D eigenvalue weighted by atomic mass is 16.5. The molecular weight excluding hydrogens is 242 g/mol. The van der Waals surface area contributed by atoms with Gasteiger partial charge in [-0.3, -0.25) is 0 Å². The van der Waals surface area contributed by atoms with E-state index < -0.39 is 0 Å². The fourth-order valence-corrected chi connectivity index (χ4v) is 1.50. The maximum Gasteiger partial charge on any atom is 0.218 e. The van der Waals surface area contributed by atoms with Crippen LogP contribution in [0.5, 0.6) is 5.88 Å². The molecule has 0 aliphatic rings. The van der Waals surface area contributed by atoms with Gasteiger partial charge < -0.3 is 14.8 Å². The predicted molar refractivity (Wildman–Crippen MR) is 76.6 cm³/mol. The molecule has 0 spiro atoms. The Morgan fingerprint density at radius 3 is 2.58 bits per heavy atom. The van der Waals surface area contributed by atoms with Crippen LogP contribution in [-0.2, 0) is 4.74 Å². The van der Waals surface area contributed by atoms with Crippen LogP contribution >= 0.6 is 0 Å². The van der Waals surface area contributed by atoms with Crippen molar-refractivity contribution in [2.24, 2.45) is 0 Å². The van der Waals surface area contributed by atoms with Crippen molar-refractivity contribution >= 4 is 5.82 Å². The minimum atomic E-state index is 0.121. The number of rotatable bonds is 9. The van der Waals surface area contributed by atoms with Gasteiger partial charge in [0.05, 0.1) is 12.2 Å². The van der Waals surface area contributed by atoms with E-state index >= 15 is 0 Å². The van der Waals surface area contributed by atoms with Crippen LogP contribution in [0.15, 0.2) is 12.4 Å². The lowest BCUT2D eigenvalue weighted by molar-refractivity contribution is 0.0765. The van der Waals surface area contributed by atoms with Gasteiger partial charge >= 0.3 is 0 Å². The summed E-state index contributed by atoms with van der Waals surface area (Å²) in [6, 6.07) is 1.82. The van der Waals surface area contributed by atoms with Crippen LogP contribution < -0.4 is 10.1 Å². The molecule has 5 heteroatoms. The molecule has 0 atom stereocenters. The van der Waals surface area contributed by atoms with E-state index in [1.165, 1.54) is 6.33 Å². The Morgan fingerprint density at radius 1 is 1.11 bits per heavy atom. The molecule has 1 rings (SSSR count). The summed E-state index contributed by atoms with van der Waals surface area (Å²) in [5.41, 5.74) is 0. The normalized spacial score (nSPS) is 11.1. The van der Waals surface area contributed by atoms with Crippen molar-refractivity contribution in [1.29, 1.82) is 0 Å². The molecule has 0 aliphatic heterocycles. The van der Waals surface area contributed by atoms with Gasteiger partial charge in [0.1, 0.15) is 12.1 Å². The van der Waals surface area contributed by atoms with Crippen LogP contribution in [0, 0.1) is 0 Å². The fraction of sp³-hybridized carbons (Fsp3) is 0.714. The Morgan fingerprint density at radius 2 is 1.89 bits per heavy atom.